The Kier molecular flexibility index (Phi) is 5.35. The fourth-order valence-electron chi connectivity index (χ4n) is 3.56. The summed E-state index contributed by atoms with van der Waals surface area (Å²) in [6, 6.07) is 12.7. The highest BCUT2D eigenvalue weighted by Crippen LogP contribution is 2.41. The molecule has 2 aliphatic rings. The van der Waals surface area contributed by atoms with Crippen LogP contribution in [0, 0.1) is 5.82 Å². The van der Waals surface area contributed by atoms with E-state index < -0.39 is 15.7 Å². The van der Waals surface area contributed by atoms with Gasteiger partial charge in [-0.05, 0) is 35.9 Å². The molecule has 4 rings (SSSR count). The van der Waals surface area contributed by atoms with Crippen molar-refractivity contribution in [2.45, 2.75) is 17.7 Å². The van der Waals surface area contributed by atoms with Crippen molar-refractivity contribution in [3.8, 4) is 5.75 Å². The lowest BCUT2D eigenvalue weighted by atomic mass is 10.1. The Hall–Kier alpha value is -2.39. The lowest BCUT2D eigenvalue weighted by molar-refractivity contribution is -0.117. The summed E-state index contributed by atoms with van der Waals surface area (Å²) < 4.78 is 43.1. The maximum atomic E-state index is 13.8. The van der Waals surface area contributed by atoms with Crippen LogP contribution < -0.4 is 9.64 Å². The van der Waals surface area contributed by atoms with E-state index in [2.05, 4.69) is 4.99 Å². The minimum Gasteiger partial charge on any atom is -0.497 e. The number of amidine groups is 1. The van der Waals surface area contributed by atoms with Crippen molar-refractivity contribution in [2.75, 3.05) is 23.5 Å². The van der Waals surface area contributed by atoms with E-state index in [0.717, 1.165) is 5.56 Å². The second kappa shape index (κ2) is 7.79. The van der Waals surface area contributed by atoms with Gasteiger partial charge in [-0.3, -0.25) is 4.79 Å². The van der Waals surface area contributed by atoms with Crippen molar-refractivity contribution < 1.29 is 22.3 Å². The van der Waals surface area contributed by atoms with Gasteiger partial charge in [-0.2, -0.15) is 4.99 Å². The average Bonchev–Trinajstić information content (AvgIpc) is 3.12. The zero-order valence-corrected chi connectivity index (χ0v) is 17.2. The lowest BCUT2D eigenvalue weighted by Crippen LogP contribution is -2.37. The molecule has 6 nitrogen and oxygen atoms in total. The topological polar surface area (TPSA) is 76.0 Å². The van der Waals surface area contributed by atoms with E-state index in [1.165, 1.54) is 23.9 Å². The van der Waals surface area contributed by atoms with Crippen molar-refractivity contribution in [1.29, 1.82) is 0 Å². The van der Waals surface area contributed by atoms with Crippen LogP contribution in [0.1, 0.15) is 5.56 Å². The first kappa shape index (κ1) is 19.9. The van der Waals surface area contributed by atoms with Crippen LogP contribution in [0.2, 0.25) is 0 Å². The molecule has 2 fully saturated rings. The number of thioether (sulfide) groups is 1. The van der Waals surface area contributed by atoms with Gasteiger partial charge in [0.1, 0.15) is 11.6 Å². The molecule has 0 bridgehead atoms. The van der Waals surface area contributed by atoms with E-state index in [0.29, 0.717) is 16.6 Å². The number of anilines is 1. The second-order valence-corrected chi connectivity index (χ2v) is 10.3. The maximum absolute atomic E-state index is 13.8. The predicted molar refractivity (Wildman–Crippen MR) is 112 cm³/mol. The van der Waals surface area contributed by atoms with Gasteiger partial charge >= 0.3 is 0 Å². The molecule has 2 aromatic carbocycles. The minimum atomic E-state index is -3.17. The zero-order chi connectivity index (χ0) is 20.6. The van der Waals surface area contributed by atoms with Crippen LogP contribution >= 0.6 is 11.8 Å². The summed E-state index contributed by atoms with van der Waals surface area (Å²) in [6.45, 7) is 0. The van der Waals surface area contributed by atoms with Crippen molar-refractivity contribution in [3.63, 3.8) is 0 Å². The number of hydrogen-bond donors (Lipinski definition) is 0. The molecule has 9 heteroatoms. The standard InChI is InChI=1S/C20H19FN2O4S2/c1-27-16-7-5-13(6-8-16)9-19(24)22-20-23(15-4-2-3-14(21)10-15)17-11-29(25,26)12-18(17)28-20/h2-8,10,17-18H,9,11-12H2,1H3/t17-,18-/m1/s1. The highest BCUT2D eigenvalue weighted by molar-refractivity contribution is 8.16. The summed E-state index contributed by atoms with van der Waals surface area (Å²) in [5, 5.41) is 0.190. The average molecular weight is 435 g/mol. The highest BCUT2D eigenvalue weighted by Gasteiger charge is 2.49. The van der Waals surface area contributed by atoms with Crippen LogP contribution in [-0.4, -0.2) is 49.4 Å². The lowest BCUT2D eigenvalue weighted by Gasteiger charge is -2.24. The molecule has 2 heterocycles. The van der Waals surface area contributed by atoms with Crippen LogP contribution in [0.4, 0.5) is 10.1 Å². The summed E-state index contributed by atoms with van der Waals surface area (Å²) >= 11 is 1.27. The maximum Gasteiger partial charge on any atom is 0.252 e. The third kappa shape index (κ3) is 4.30. The number of amides is 1. The first-order valence-corrected chi connectivity index (χ1v) is 11.7. The number of nitrogens with zero attached hydrogens (tertiary/aromatic N) is 2. The number of carbonyl (C=O) groups is 1. The molecule has 0 unspecified atom stereocenters. The molecule has 0 aromatic heterocycles. The number of aliphatic imine (C=N–C) groups is 1. The monoisotopic (exact) mass is 434 g/mol. The van der Waals surface area contributed by atoms with Crippen molar-refractivity contribution in [3.05, 3.63) is 59.9 Å². The quantitative estimate of drug-likeness (QED) is 0.737. The van der Waals surface area contributed by atoms with E-state index in [4.69, 9.17) is 4.74 Å². The van der Waals surface area contributed by atoms with Gasteiger partial charge in [0.15, 0.2) is 15.0 Å². The number of carbonyl (C=O) groups excluding carboxylic acids is 1. The van der Waals surface area contributed by atoms with Crippen LogP contribution in [0.15, 0.2) is 53.5 Å². The third-order valence-electron chi connectivity index (χ3n) is 4.89. The number of ether oxygens (including phenoxy) is 1. The Morgan fingerprint density at radius 1 is 1.24 bits per heavy atom. The molecule has 0 saturated carbocycles. The molecule has 2 atom stereocenters. The Balaban J connectivity index is 1.61. The van der Waals surface area contributed by atoms with Crippen LogP contribution in [0.5, 0.6) is 5.75 Å². The first-order chi connectivity index (χ1) is 13.8. The second-order valence-electron chi connectivity index (χ2n) is 6.96. The van der Waals surface area contributed by atoms with Gasteiger partial charge in [-0.15, -0.1) is 0 Å². The molecule has 0 spiro atoms. The first-order valence-electron chi connectivity index (χ1n) is 9.01. The number of rotatable bonds is 4. The number of benzene rings is 2. The summed E-state index contributed by atoms with van der Waals surface area (Å²) in [6.07, 6.45) is 0.110. The molecular formula is C20H19FN2O4S2. The van der Waals surface area contributed by atoms with Gasteiger partial charge in [0.05, 0.1) is 31.1 Å². The van der Waals surface area contributed by atoms with Crippen molar-refractivity contribution >= 4 is 38.4 Å². The highest BCUT2D eigenvalue weighted by atomic mass is 32.2. The number of hydrogen-bond acceptors (Lipinski definition) is 5. The fourth-order valence-corrected chi connectivity index (χ4v) is 7.49. The van der Waals surface area contributed by atoms with Gasteiger partial charge in [-0.25, -0.2) is 12.8 Å². The van der Waals surface area contributed by atoms with E-state index in [-0.39, 0.29) is 35.1 Å². The van der Waals surface area contributed by atoms with E-state index >= 15 is 0 Å². The smallest absolute Gasteiger partial charge is 0.252 e. The summed E-state index contributed by atoms with van der Waals surface area (Å²) in [5.74, 6) is -0.0834. The van der Waals surface area contributed by atoms with Crippen LogP contribution in [-0.2, 0) is 21.1 Å². The number of fused-ring (bicyclic) bond motifs is 1. The van der Waals surface area contributed by atoms with E-state index in [9.17, 15) is 17.6 Å². The molecule has 29 heavy (non-hydrogen) atoms. The Bertz CT molecular complexity index is 1070. The number of methoxy groups -OCH3 is 1. The molecule has 0 aliphatic carbocycles. The molecule has 1 amide bonds. The summed E-state index contributed by atoms with van der Waals surface area (Å²) in [7, 11) is -1.60. The Morgan fingerprint density at radius 3 is 2.69 bits per heavy atom. The molecule has 0 N–H and O–H groups in total. The SMILES string of the molecule is COc1ccc(CC(=O)N=C2S[C@@H]3CS(=O)(=O)C[C@H]3N2c2cccc(F)c2)cc1. The summed E-state index contributed by atoms with van der Waals surface area (Å²) in [4.78, 5) is 18.5. The molecular weight excluding hydrogens is 415 g/mol. The van der Waals surface area contributed by atoms with Gasteiger partial charge in [0, 0.05) is 10.9 Å². The van der Waals surface area contributed by atoms with Gasteiger partial charge in [0.2, 0.25) is 0 Å². The predicted octanol–water partition coefficient (Wildman–Crippen LogP) is 2.68. The molecule has 152 valence electrons. The number of sulfone groups is 1. The largest absolute Gasteiger partial charge is 0.497 e. The zero-order valence-electron chi connectivity index (χ0n) is 15.6. The van der Waals surface area contributed by atoms with Gasteiger partial charge in [-0.1, -0.05) is 30.0 Å². The number of halogens is 1. The van der Waals surface area contributed by atoms with Crippen LogP contribution in [0.3, 0.4) is 0 Å². The fraction of sp³-hybridized carbons (Fsp3) is 0.300. The van der Waals surface area contributed by atoms with E-state index in [1.54, 1.807) is 48.4 Å². The third-order valence-corrected chi connectivity index (χ3v) is 8.10. The normalized spacial score (nSPS) is 23.9. The van der Waals surface area contributed by atoms with Crippen LogP contribution in [0.25, 0.3) is 0 Å². The van der Waals surface area contributed by atoms with Gasteiger partial charge < -0.3 is 9.64 Å². The van der Waals surface area contributed by atoms with Crippen molar-refractivity contribution in [2.24, 2.45) is 4.99 Å². The molecule has 2 aliphatic heterocycles. The Morgan fingerprint density at radius 2 is 2.00 bits per heavy atom. The van der Waals surface area contributed by atoms with E-state index in [1.807, 2.05) is 0 Å². The minimum absolute atomic E-state index is 0.0276. The van der Waals surface area contributed by atoms with Gasteiger partial charge in [0.25, 0.3) is 5.91 Å². The molecule has 2 saturated heterocycles. The Labute approximate surface area is 172 Å². The molecule has 2 aromatic rings. The summed E-state index contributed by atoms with van der Waals surface area (Å²) in [5.41, 5.74) is 1.29. The van der Waals surface area contributed by atoms with Crippen molar-refractivity contribution in [1.82, 2.24) is 0 Å². The molecule has 0 radical (unpaired) electrons.